The first kappa shape index (κ1) is 22.8. The molecule has 3 rings (SSSR count). The summed E-state index contributed by atoms with van der Waals surface area (Å²) in [6.45, 7) is 0.523. The van der Waals surface area contributed by atoms with Gasteiger partial charge < -0.3 is 24.1 Å². The number of hydrogen-bond acceptors (Lipinski definition) is 5. The van der Waals surface area contributed by atoms with Crippen molar-refractivity contribution in [2.24, 2.45) is 0 Å². The van der Waals surface area contributed by atoms with Gasteiger partial charge >= 0.3 is 0 Å². The molecule has 3 aromatic carbocycles. The lowest BCUT2D eigenvalue weighted by Gasteiger charge is -2.30. The van der Waals surface area contributed by atoms with Crippen LogP contribution >= 0.6 is 0 Å². The van der Waals surface area contributed by atoms with Gasteiger partial charge in [-0.1, -0.05) is 91.0 Å². The van der Waals surface area contributed by atoms with Gasteiger partial charge in [-0.2, -0.15) is 0 Å². The summed E-state index contributed by atoms with van der Waals surface area (Å²) >= 11 is 0. The van der Waals surface area contributed by atoms with E-state index in [0.717, 1.165) is 16.7 Å². The van der Waals surface area contributed by atoms with Gasteiger partial charge in [-0.15, -0.1) is 0 Å². The maximum absolute atomic E-state index is 11.9. The Hall–Kier alpha value is -2.83. The Labute approximate surface area is 183 Å². The SMILES string of the molecule is O=C[C@@H](OCc1ccccc1)[C@H](OCc1ccccc1)[C@H](CO)OCc1ccccc1. The van der Waals surface area contributed by atoms with Crippen molar-refractivity contribution in [1.82, 2.24) is 0 Å². The minimum absolute atomic E-state index is 0.256. The third-order valence-electron chi connectivity index (χ3n) is 4.88. The maximum Gasteiger partial charge on any atom is 0.151 e. The molecule has 3 aromatic rings. The number of benzene rings is 3. The highest BCUT2D eigenvalue weighted by Gasteiger charge is 2.32. The molecule has 0 aliphatic rings. The Bertz CT molecular complexity index is 870. The van der Waals surface area contributed by atoms with Crippen LogP contribution in [-0.4, -0.2) is 36.3 Å². The predicted molar refractivity (Wildman–Crippen MR) is 118 cm³/mol. The molecule has 5 heteroatoms. The van der Waals surface area contributed by atoms with Crippen LogP contribution in [0.4, 0.5) is 0 Å². The quantitative estimate of drug-likeness (QED) is 0.425. The first-order valence-corrected chi connectivity index (χ1v) is 10.3. The highest BCUT2D eigenvalue weighted by Crippen LogP contribution is 2.17. The minimum Gasteiger partial charge on any atom is -0.394 e. The number of aliphatic hydroxyl groups excluding tert-OH is 1. The van der Waals surface area contributed by atoms with Crippen molar-refractivity contribution in [2.75, 3.05) is 6.61 Å². The van der Waals surface area contributed by atoms with E-state index in [9.17, 15) is 9.90 Å². The van der Waals surface area contributed by atoms with E-state index in [1.165, 1.54) is 0 Å². The van der Waals surface area contributed by atoms with Gasteiger partial charge in [-0.25, -0.2) is 0 Å². The molecule has 1 N–H and O–H groups in total. The monoisotopic (exact) mass is 420 g/mol. The number of aliphatic hydroxyl groups is 1. The Morgan fingerprint density at radius 1 is 0.645 bits per heavy atom. The van der Waals surface area contributed by atoms with Crippen LogP contribution in [0.3, 0.4) is 0 Å². The van der Waals surface area contributed by atoms with E-state index < -0.39 is 18.3 Å². The van der Waals surface area contributed by atoms with Gasteiger partial charge in [-0.05, 0) is 16.7 Å². The van der Waals surface area contributed by atoms with E-state index in [4.69, 9.17) is 14.2 Å². The van der Waals surface area contributed by atoms with Crippen molar-refractivity contribution in [2.45, 2.75) is 38.1 Å². The second-order valence-corrected chi connectivity index (χ2v) is 7.18. The van der Waals surface area contributed by atoms with Crippen LogP contribution in [0.5, 0.6) is 0 Å². The number of carbonyl (C=O) groups is 1. The van der Waals surface area contributed by atoms with Gasteiger partial charge in [0.05, 0.1) is 26.4 Å². The normalized spacial score (nSPS) is 14.0. The van der Waals surface area contributed by atoms with Crippen molar-refractivity contribution in [1.29, 1.82) is 0 Å². The number of carbonyl (C=O) groups excluding carboxylic acids is 1. The molecule has 0 saturated carbocycles. The minimum atomic E-state index is -0.892. The molecule has 0 heterocycles. The third kappa shape index (κ3) is 7.42. The Balaban J connectivity index is 1.71. The molecule has 0 radical (unpaired) electrons. The molecule has 5 nitrogen and oxygen atoms in total. The lowest BCUT2D eigenvalue weighted by molar-refractivity contribution is -0.165. The maximum atomic E-state index is 11.9. The van der Waals surface area contributed by atoms with E-state index in [2.05, 4.69) is 0 Å². The van der Waals surface area contributed by atoms with E-state index >= 15 is 0 Å². The molecule has 0 bridgehead atoms. The summed E-state index contributed by atoms with van der Waals surface area (Å²) in [7, 11) is 0. The van der Waals surface area contributed by atoms with Crippen LogP contribution in [0.1, 0.15) is 16.7 Å². The van der Waals surface area contributed by atoms with Gasteiger partial charge in [0.15, 0.2) is 6.29 Å². The van der Waals surface area contributed by atoms with Crippen LogP contribution in [0, 0.1) is 0 Å². The van der Waals surface area contributed by atoms with Crippen molar-refractivity contribution in [3.8, 4) is 0 Å². The Kier molecular flexibility index (Phi) is 9.41. The Morgan fingerprint density at radius 3 is 1.48 bits per heavy atom. The number of hydrogen-bond donors (Lipinski definition) is 1. The van der Waals surface area contributed by atoms with Crippen molar-refractivity contribution >= 4 is 6.29 Å². The zero-order valence-corrected chi connectivity index (χ0v) is 17.4. The topological polar surface area (TPSA) is 65.0 Å². The van der Waals surface area contributed by atoms with Crippen LogP contribution in [0.2, 0.25) is 0 Å². The molecule has 0 spiro atoms. The van der Waals surface area contributed by atoms with Crippen molar-refractivity contribution < 1.29 is 24.1 Å². The van der Waals surface area contributed by atoms with E-state index in [-0.39, 0.29) is 19.8 Å². The third-order valence-corrected chi connectivity index (χ3v) is 4.88. The van der Waals surface area contributed by atoms with Crippen LogP contribution < -0.4 is 0 Å². The summed E-state index contributed by atoms with van der Waals surface area (Å²) in [6, 6.07) is 28.9. The zero-order chi connectivity index (χ0) is 21.7. The lowest BCUT2D eigenvalue weighted by atomic mass is 10.1. The average molecular weight is 421 g/mol. The number of ether oxygens (including phenoxy) is 3. The largest absolute Gasteiger partial charge is 0.394 e. The van der Waals surface area contributed by atoms with Gasteiger partial charge in [0, 0.05) is 0 Å². The molecule has 0 aromatic heterocycles. The fourth-order valence-corrected chi connectivity index (χ4v) is 3.19. The second kappa shape index (κ2) is 12.8. The molecule has 3 atom stereocenters. The molecule has 162 valence electrons. The standard InChI is InChI=1S/C26H28O5/c27-16-24(29-18-21-10-4-1-5-11-21)26(31-20-23-14-8-3-9-15-23)25(17-28)30-19-22-12-6-2-7-13-22/h1-16,24-26,28H,17-20H2/t24-,25+,26+/m1/s1. The summed E-state index contributed by atoms with van der Waals surface area (Å²) in [4.78, 5) is 11.9. The first-order valence-electron chi connectivity index (χ1n) is 10.3. The van der Waals surface area contributed by atoms with Crippen molar-refractivity contribution in [3.05, 3.63) is 108 Å². The molecule has 31 heavy (non-hydrogen) atoms. The fourth-order valence-electron chi connectivity index (χ4n) is 3.19. The van der Waals surface area contributed by atoms with E-state index in [1.54, 1.807) is 0 Å². The van der Waals surface area contributed by atoms with Gasteiger partial charge in [0.2, 0.25) is 0 Å². The van der Waals surface area contributed by atoms with Crippen LogP contribution in [0.25, 0.3) is 0 Å². The molecule has 0 unspecified atom stereocenters. The van der Waals surface area contributed by atoms with Gasteiger partial charge in [0.1, 0.15) is 18.3 Å². The molecular weight excluding hydrogens is 392 g/mol. The van der Waals surface area contributed by atoms with Crippen LogP contribution in [0.15, 0.2) is 91.0 Å². The molecular formula is C26H28O5. The van der Waals surface area contributed by atoms with E-state index in [0.29, 0.717) is 12.9 Å². The summed E-state index contributed by atoms with van der Waals surface area (Å²) in [6.07, 6.45) is -1.67. The van der Waals surface area contributed by atoms with E-state index in [1.807, 2.05) is 91.0 Å². The summed E-state index contributed by atoms with van der Waals surface area (Å²) in [5.74, 6) is 0. The average Bonchev–Trinajstić information content (AvgIpc) is 2.84. The number of aldehydes is 1. The summed E-state index contributed by atoms with van der Waals surface area (Å²) in [5.41, 5.74) is 2.87. The molecule has 0 saturated heterocycles. The summed E-state index contributed by atoms with van der Waals surface area (Å²) < 4.78 is 17.9. The highest BCUT2D eigenvalue weighted by atomic mass is 16.6. The molecule has 0 aliphatic carbocycles. The van der Waals surface area contributed by atoms with Crippen LogP contribution in [-0.2, 0) is 38.8 Å². The fraction of sp³-hybridized carbons (Fsp3) is 0.269. The molecule has 0 fully saturated rings. The molecule has 0 amide bonds. The smallest absolute Gasteiger partial charge is 0.151 e. The zero-order valence-electron chi connectivity index (χ0n) is 17.4. The Morgan fingerprint density at radius 2 is 1.06 bits per heavy atom. The highest BCUT2D eigenvalue weighted by molar-refractivity contribution is 5.57. The van der Waals surface area contributed by atoms with Crippen molar-refractivity contribution in [3.63, 3.8) is 0 Å². The van der Waals surface area contributed by atoms with Gasteiger partial charge in [0.25, 0.3) is 0 Å². The summed E-state index contributed by atoms with van der Waals surface area (Å²) in [5, 5.41) is 10.0. The predicted octanol–water partition coefficient (Wildman–Crippen LogP) is 3.93. The second-order valence-electron chi connectivity index (χ2n) is 7.18. The van der Waals surface area contributed by atoms with Gasteiger partial charge in [-0.3, -0.25) is 0 Å². The first-order chi connectivity index (χ1) is 15.3. The molecule has 0 aliphatic heterocycles. The lowest BCUT2D eigenvalue weighted by Crippen LogP contribution is -2.45. The number of rotatable bonds is 13.